The first kappa shape index (κ1) is 12.1. The second-order valence-electron chi connectivity index (χ2n) is 2.51. The van der Waals surface area contributed by atoms with E-state index in [1.165, 1.54) is 0 Å². The molecule has 0 aromatic carbocycles. The highest BCUT2D eigenvalue weighted by Gasteiger charge is 2.14. The summed E-state index contributed by atoms with van der Waals surface area (Å²) in [7, 11) is 0. The van der Waals surface area contributed by atoms with Crippen molar-refractivity contribution in [2.45, 2.75) is 12.5 Å². The molecule has 0 fully saturated rings. The summed E-state index contributed by atoms with van der Waals surface area (Å²) in [5.41, 5.74) is 10.2. The standard InChI is InChI=1S/C7H12BrN3O2/c1-4(8)3-11-7(13)5(9)2-6(10)12/h5H,1-3,9H2,(H2,10,12)(H,11,13). The molecule has 0 saturated heterocycles. The third kappa shape index (κ3) is 6.30. The molecule has 1 unspecified atom stereocenters. The van der Waals surface area contributed by atoms with Crippen LogP contribution in [0.4, 0.5) is 0 Å². The van der Waals surface area contributed by atoms with Gasteiger partial charge in [0.25, 0.3) is 0 Å². The normalized spacial score (nSPS) is 11.8. The van der Waals surface area contributed by atoms with Crippen LogP contribution in [0.15, 0.2) is 11.1 Å². The maximum atomic E-state index is 11.1. The van der Waals surface area contributed by atoms with Crippen molar-refractivity contribution < 1.29 is 9.59 Å². The average Bonchev–Trinajstić information content (AvgIpc) is 1.98. The molecule has 0 rings (SSSR count). The Bertz CT molecular complexity index is 230. The minimum Gasteiger partial charge on any atom is -0.370 e. The first-order valence-corrected chi connectivity index (χ1v) is 4.37. The Labute approximate surface area is 84.7 Å². The molecule has 5 nitrogen and oxygen atoms in total. The molecule has 74 valence electrons. The first-order chi connectivity index (χ1) is 5.93. The van der Waals surface area contributed by atoms with Gasteiger partial charge >= 0.3 is 0 Å². The third-order valence-corrected chi connectivity index (χ3v) is 1.49. The average molecular weight is 250 g/mol. The smallest absolute Gasteiger partial charge is 0.237 e. The van der Waals surface area contributed by atoms with Crippen molar-refractivity contribution in [2.75, 3.05) is 6.54 Å². The number of carbonyl (C=O) groups is 2. The van der Waals surface area contributed by atoms with E-state index in [2.05, 4.69) is 27.8 Å². The largest absolute Gasteiger partial charge is 0.370 e. The van der Waals surface area contributed by atoms with E-state index in [4.69, 9.17) is 11.5 Å². The lowest BCUT2D eigenvalue weighted by Crippen LogP contribution is -2.43. The van der Waals surface area contributed by atoms with Gasteiger partial charge in [-0.1, -0.05) is 22.5 Å². The summed E-state index contributed by atoms with van der Waals surface area (Å²) < 4.78 is 0.632. The molecule has 0 aliphatic heterocycles. The number of hydrogen-bond donors (Lipinski definition) is 3. The van der Waals surface area contributed by atoms with Crippen molar-refractivity contribution in [1.82, 2.24) is 5.32 Å². The fourth-order valence-corrected chi connectivity index (χ4v) is 0.764. The highest BCUT2D eigenvalue weighted by atomic mass is 79.9. The van der Waals surface area contributed by atoms with Crippen LogP contribution >= 0.6 is 15.9 Å². The monoisotopic (exact) mass is 249 g/mol. The fraction of sp³-hybridized carbons (Fsp3) is 0.429. The number of nitrogens with one attached hydrogen (secondary N) is 1. The molecule has 0 aliphatic rings. The number of hydrogen-bond acceptors (Lipinski definition) is 3. The second-order valence-corrected chi connectivity index (χ2v) is 3.63. The van der Waals surface area contributed by atoms with E-state index in [1.54, 1.807) is 0 Å². The van der Waals surface area contributed by atoms with Gasteiger partial charge in [-0.2, -0.15) is 0 Å². The van der Waals surface area contributed by atoms with Crippen molar-refractivity contribution in [3.8, 4) is 0 Å². The van der Waals surface area contributed by atoms with Gasteiger partial charge in [-0.25, -0.2) is 0 Å². The molecule has 1 atom stereocenters. The summed E-state index contributed by atoms with van der Waals surface area (Å²) in [6, 6.07) is -0.885. The predicted molar refractivity (Wildman–Crippen MR) is 52.9 cm³/mol. The highest BCUT2D eigenvalue weighted by Crippen LogP contribution is 1.97. The number of rotatable bonds is 5. The van der Waals surface area contributed by atoms with Gasteiger partial charge in [0.15, 0.2) is 0 Å². The number of primary amides is 1. The molecule has 0 aliphatic carbocycles. The van der Waals surface area contributed by atoms with Gasteiger partial charge in [0, 0.05) is 11.0 Å². The molecule has 0 aromatic rings. The lowest BCUT2D eigenvalue weighted by molar-refractivity contribution is -0.126. The SMILES string of the molecule is C=C(Br)CNC(=O)C(N)CC(N)=O. The van der Waals surface area contributed by atoms with E-state index in [-0.39, 0.29) is 13.0 Å². The van der Waals surface area contributed by atoms with E-state index in [0.717, 1.165) is 0 Å². The Kier molecular flexibility index (Phi) is 5.33. The fourth-order valence-electron chi connectivity index (χ4n) is 0.624. The van der Waals surface area contributed by atoms with Gasteiger partial charge in [0.1, 0.15) is 0 Å². The molecule has 0 radical (unpaired) electrons. The van der Waals surface area contributed by atoms with Crippen LogP contribution in [0.25, 0.3) is 0 Å². The Hall–Kier alpha value is -0.880. The molecular formula is C7H12BrN3O2. The number of carbonyl (C=O) groups excluding carboxylic acids is 2. The van der Waals surface area contributed by atoms with Crippen LogP contribution in [-0.2, 0) is 9.59 Å². The molecule has 0 saturated carbocycles. The molecule has 2 amide bonds. The maximum absolute atomic E-state index is 11.1. The topological polar surface area (TPSA) is 98.2 Å². The summed E-state index contributed by atoms with van der Waals surface area (Å²) in [5.74, 6) is -1.01. The van der Waals surface area contributed by atoms with Gasteiger partial charge < -0.3 is 16.8 Å². The van der Waals surface area contributed by atoms with E-state index in [9.17, 15) is 9.59 Å². The minimum atomic E-state index is -0.885. The number of halogens is 1. The summed E-state index contributed by atoms with van der Waals surface area (Å²) in [6.07, 6.45) is -0.152. The van der Waals surface area contributed by atoms with Crippen molar-refractivity contribution in [3.05, 3.63) is 11.1 Å². The van der Waals surface area contributed by atoms with Crippen LogP contribution in [0.5, 0.6) is 0 Å². The van der Waals surface area contributed by atoms with Crippen molar-refractivity contribution in [1.29, 1.82) is 0 Å². The van der Waals surface area contributed by atoms with Crippen LogP contribution in [0.1, 0.15) is 6.42 Å². The van der Waals surface area contributed by atoms with Crippen LogP contribution < -0.4 is 16.8 Å². The summed E-state index contributed by atoms with van der Waals surface area (Å²) in [6.45, 7) is 3.80. The summed E-state index contributed by atoms with van der Waals surface area (Å²) in [5, 5.41) is 2.47. The molecular weight excluding hydrogens is 238 g/mol. The number of amides is 2. The molecule has 0 spiro atoms. The van der Waals surface area contributed by atoms with Crippen molar-refractivity contribution in [3.63, 3.8) is 0 Å². The van der Waals surface area contributed by atoms with Crippen LogP contribution in [0.3, 0.4) is 0 Å². The Morgan fingerprint density at radius 2 is 2.08 bits per heavy atom. The van der Waals surface area contributed by atoms with E-state index < -0.39 is 17.9 Å². The lowest BCUT2D eigenvalue weighted by Gasteiger charge is -2.09. The van der Waals surface area contributed by atoms with Crippen LogP contribution in [0.2, 0.25) is 0 Å². The Morgan fingerprint density at radius 3 is 2.46 bits per heavy atom. The second kappa shape index (κ2) is 5.71. The van der Waals surface area contributed by atoms with Gasteiger partial charge in [-0.15, -0.1) is 0 Å². The highest BCUT2D eigenvalue weighted by molar-refractivity contribution is 9.11. The maximum Gasteiger partial charge on any atom is 0.237 e. The lowest BCUT2D eigenvalue weighted by atomic mass is 10.2. The molecule has 6 heteroatoms. The predicted octanol–water partition coefficient (Wildman–Crippen LogP) is -0.786. The quantitative estimate of drug-likeness (QED) is 0.596. The van der Waals surface area contributed by atoms with Gasteiger partial charge in [0.05, 0.1) is 12.5 Å². The zero-order valence-electron chi connectivity index (χ0n) is 7.05. The van der Waals surface area contributed by atoms with Crippen LogP contribution in [0, 0.1) is 0 Å². The molecule has 5 N–H and O–H groups in total. The first-order valence-electron chi connectivity index (χ1n) is 3.58. The number of nitrogens with two attached hydrogens (primary N) is 2. The van der Waals surface area contributed by atoms with E-state index in [1.807, 2.05) is 0 Å². The van der Waals surface area contributed by atoms with E-state index >= 15 is 0 Å². The van der Waals surface area contributed by atoms with Crippen LogP contribution in [-0.4, -0.2) is 24.4 Å². The van der Waals surface area contributed by atoms with Gasteiger partial charge in [-0.05, 0) is 0 Å². The van der Waals surface area contributed by atoms with Gasteiger partial charge in [-0.3, -0.25) is 9.59 Å². The van der Waals surface area contributed by atoms with E-state index in [0.29, 0.717) is 4.48 Å². The Morgan fingerprint density at radius 1 is 1.54 bits per heavy atom. The van der Waals surface area contributed by atoms with Crippen molar-refractivity contribution >= 4 is 27.7 Å². The molecule has 0 heterocycles. The van der Waals surface area contributed by atoms with Gasteiger partial charge in [0.2, 0.25) is 11.8 Å². The zero-order chi connectivity index (χ0) is 10.4. The molecule has 0 bridgehead atoms. The molecule has 13 heavy (non-hydrogen) atoms. The third-order valence-electron chi connectivity index (χ3n) is 1.21. The Balaban J connectivity index is 3.82. The summed E-state index contributed by atoms with van der Waals surface area (Å²) >= 11 is 3.06. The summed E-state index contributed by atoms with van der Waals surface area (Å²) in [4.78, 5) is 21.5. The minimum absolute atomic E-state index is 0.152. The van der Waals surface area contributed by atoms with Crippen molar-refractivity contribution in [2.24, 2.45) is 11.5 Å². The molecule has 0 aromatic heterocycles. The zero-order valence-corrected chi connectivity index (χ0v) is 8.63.